The van der Waals surface area contributed by atoms with Crippen LogP contribution in [0, 0.1) is 0 Å². The molecular weight excluding hydrogens is 444 g/mol. The van der Waals surface area contributed by atoms with Crippen LogP contribution in [0.25, 0.3) is 6.08 Å². The van der Waals surface area contributed by atoms with Crippen LogP contribution in [0.5, 0.6) is 17.2 Å². The van der Waals surface area contributed by atoms with Crippen molar-refractivity contribution in [3.05, 3.63) is 59.7 Å². The first-order valence-electron chi connectivity index (χ1n) is 12.6. The van der Waals surface area contributed by atoms with Crippen molar-refractivity contribution in [1.29, 1.82) is 0 Å². The van der Waals surface area contributed by atoms with E-state index in [0.717, 1.165) is 68.9 Å². The zero-order valence-electron chi connectivity index (χ0n) is 20.1. The molecular formula is C28H34N2O5. The Balaban J connectivity index is 1.08. The fourth-order valence-electron chi connectivity index (χ4n) is 5.11. The molecule has 0 bridgehead atoms. The Morgan fingerprint density at radius 1 is 1.06 bits per heavy atom. The number of fused-ring (bicyclic) bond motifs is 1. The summed E-state index contributed by atoms with van der Waals surface area (Å²) in [5.74, 6) is 2.88. The summed E-state index contributed by atoms with van der Waals surface area (Å²) < 4.78 is 16.9. The molecule has 1 N–H and O–H groups in total. The second-order valence-electron chi connectivity index (χ2n) is 9.56. The largest absolute Gasteiger partial charge is 0.490 e. The van der Waals surface area contributed by atoms with Gasteiger partial charge in [-0.15, -0.1) is 0 Å². The van der Waals surface area contributed by atoms with Crippen molar-refractivity contribution in [2.45, 2.75) is 37.7 Å². The number of carbonyl (C=O) groups is 1. The number of likely N-dealkylation sites (tertiary alicyclic amines) is 2. The molecule has 3 heterocycles. The van der Waals surface area contributed by atoms with Crippen LogP contribution in [0.2, 0.25) is 0 Å². The highest BCUT2D eigenvalue weighted by Crippen LogP contribution is 2.37. The minimum atomic E-state index is -0.583. The quantitative estimate of drug-likeness (QED) is 0.584. The molecule has 2 aromatic rings. The van der Waals surface area contributed by atoms with Crippen molar-refractivity contribution < 1.29 is 24.1 Å². The maximum absolute atomic E-state index is 12.3. The average molecular weight is 479 g/mol. The van der Waals surface area contributed by atoms with Crippen molar-refractivity contribution in [3.8, 4) is 17.2 Å². The molecule has 3 aliphatic rings. The number of carbonyl (C=O) groups excluding carboxylic acids is 1. The van der Waals surface area contributed by atoms with Gasteiger partial charge in [-0.1, -0.05) is 24.3 Å². The van der Waals surface area contributed by atoms with Crippen LogP contribution < -0.4 is 14.2 Å². The van der Waals surface area contributed by atoms with Gasteiger partial charge < -0.3 is 29.1 Å². The molecule has 186 valence electrons. The number of β-amino-alcohol motifs (C(OH)–C–C–N with tert-alkyl or cyclic N) is 1. The lowest BCUT2D eigenvalue weighted by molar-refractivity contribution is -0.124. The summed E-state index contributed by atoms with van der Waals surface area (Å²) in [5, 5.41) is 10.6. The highest BCUT2D eigenvalue weighted by atomic mass is 16.7. The van der Waals surface area contributed by atoms with Gasteiger partial charge in [-0.05, 0) is 74.5 Å². The molecule has 35 heavy (non-hydrogen) atoms. The number of aliphatic hydroxyl groups excluding tert-OH is 1. The van der Waals surface area contributed by atoms with Crippen LogP contribution >= 0.6 is 0 Å². The van der Waals surface area contributed by atoms with Crippen molar-refractivity contribution in [2.75, 3.05) is 46.1 Å². The van der Waals surface area contributed by atoms with Gasteiger partial charge in [0.25, 0.3) is 0 Å². The third kappa shape index (κ3) is 5.97. The highest BCUT2D eigenvalue weighted by molar-refractivity contribution is 5.92. The van der Waals surface area contributed by atoms with E-state index in [-0.39, 0.29) is 12.5 Å². The van der Waals surface area contributed by atoms with Crippen molar-refractivity contribution in [3.63, 3.8) is 0 Å². The molecule has 0 aliphatic carbocycles. The zero-order chi connectivity index (χ0) is 24.0. The highest BCUT2D eigenvalue weighted by Gasteiger charge is 2.24. The predicted octanol–water partition coefficient (Wildman–Crippen LogP) is 3.67. The SMILES string of the molecule is O=C(C=Cc1ccccc1OCC(O)CN1CCC(c2ccc3c(c2)OCO3)CC1)N1CCCC1. The van der Waals surface area contributed by atoms with Gasteiger partial charge in [-0.3, -0.25) is 4.79 Å². The second kappa shape index (κ2) is 11.1. The number of hydrogen-bond acceptors (Lipinski definition) is 6. The van der Waals surface area contributed by atoms with Gasteiger partial charge in [0.2, 0.25) is 12.7 Å². The topological polar surface area (TPSA) is 71.5 Å². The molecule has 2 saturated heterocycles. The van der Waals surface area contributed by atoms with Crippen LogP contribution in [0.4, 0.5) is 0 Å². The number of hydrogen-bond donors (Lipinski definition) is 1. The van der Waals surface area contributed by atoms with Gasteiger partial charge in [0.15, 0.2) is 11.5 Å². The van der Waals surface area contributed by atoms with Gasteiger partial charge in [0.05, 0.1) is 0 Å². The molecule has 5 rings (SSSR count). The number of benzene rings is 2. The monoisotopic (exact) mass is 478 g/mol. The Morgan fingerprint density at radius 3 is 2.66 bits per heavy atom. The Morgan fingerprint density at radius 2 is 1.83 bits per heavy atom. The van der Waals surface area contributed by atoms with Gasteiger partial charge in [0, 0.05) is 31.3 Å². The first-order valence-corrected chi connectivity index (χ1v) is 12.6. The maximum Gasteiger partial charge on any atom is 0.246 e. The molecule has 2 fully saturated rings. The van der Waals surface area contributed by atoms with E-state index in [1.807, 2.05) is 41.3 Å². The van der Waals surface area contributed by atoms with E-state index in [9.17, 15) is 9.90 Å². The summed E-state index contributed by atoms with van der Waals surface area (Å²) in [6.07, 6.45) is 7.09. The summed E-state index contributed by atoms with van der Waals surface area (Å²) in [6.45, 7) is 4.64. The molecule has 1 amide bonds. The summed E-state index contributed by atoms with van der Waals surface area (Å²) in [6, 6.07) is 13.9. The lowest BCUT2D eigenvalue weighted by atomic mass is 9.89. The molecule has 1 atom stereocenters. The maximum atomic E-state index is 12.3. The summed E-state index contributed by atoms with van der Waals surface area (Å²) in [4.78, 5) is 16.5. The van der Waals surface area contributed by atoms with Crippen LogP contribution in [0.15, 0.2) is 48.5 Å². The van der Waals surface area contributed by atoms with Crippen LogP contribution in [-0.4, -0.2) is 73.0 Å². The van der Waals surface area contributed by atoms with Gasteiger partial charge in [-0.2, -0.15) is 0 Å². The number of piperidine rings is 1. The molecule has 7 nitrogen and oxygen atoms in total. The molecule has 7 heteroatoms. The third-order valence-electron chi connectivity index (χ3n) is 7.10. The van der Waals surface area contributed by atoms with Crippen LogP contribution in [0.3, 0.4) is 0 Å². The molecule has 0 spiro atoms. The van der Waals surface area contributed by atoms with Gasteiger partial charge in [-0.25, -0.2) is 0 Å². The number of rotatable bonds is 8. The van der Waals surface area contributed by atoms with Gasteiger partial charge in [0.1, 0.15) is 18.5 Å². The van der Waals surface area contributed by atoms with E-state index in [2.05, 4.69) is 17.0 Å². The minimum absolute atomic E-state index is 0.0430. The number of nitrogens with zero attached hydrogens (tertiary/aromatic N) is 2. The fraction of sp³-hybridized carbons (Fsp3) is 0.464. The summed E-state index contributed by atoms with van der Waals surface area (Å²) in [5.41, 5.74) is 2.14. The first kappa shape index (κ1) is 23.7. The lowest BCUT2D eigenvalue weighted by Gasteiger charge is -2.33. The minimum Gasteiger partial charge on any atom is -0.490 e. The zero-order valence-corrected chi connectivity index (χ0v) is 20.1. The smallest absolute Gasteiger partial charge is 0.246 e. The first-order chi connectivity index (χ1) is 17.2. The second-order valence-corrected chi connectivity index (χ2v) is 9.56. The van der Waals surface area contributed by atoms with E-state index in [0.29, 0.717) is 25.0 Å². The molecule has 0 radical (unpaired) electrons. The molecule has 0 aromatic heterocycles. The number of para-hydroxylation sites is 1. The van der Waals surface area contributed by atoms with E-state index in [4.69, 9.17) is 14.2 Å². The van der Waals surface area contributed by atoms with Crippen molar-refractivity contribution >= 4 is 12.0 Å². The molecule has 3 aliphatic heterocycles. The van der Waals surface area contributed by atoms with E-state index < -0.39 is 6.10 Å². The Kier molecular flexibility index (Phi) is 7.54. The fourth-order valence-corrected chi connectivity index (χ4v) is 5.11. The average Bonchev–Trinajstić information content (AvgIpc) is 3.59. The van der Waals surface area contributed by atoms with Crippen molar-refractivity contribution in [1.82, 2.24) is 9.80 Å². The lowest BCUT2D eigenvalue weighted by Crippen LogP contribution is -2.40. The van der Waals surface area contributed by atoms with Crippen LogP contribution in [-0.2, 0) is 4.79 Å². The van der Waals surface area contributed by atoms with E-state index >= 15 is 0 Å². The number of amides is 1. The molecule has 0 saturated carbocycles. The Hall–Kier alpha value is -3.03. The summed E-state index contributed by atoms with van der Waals surface area (Å²) in [7, 11) is 0. The standard InChI is InChI=1S/C28H34N2O5/c31-24(18-29-15-11-21(12-16-29)23-7-9-26-27(17-23)35-20-34-26)19-33-25-6-2-1-5-22(25)8-10-28(32)30-13-3-4-14-30/h1-2,5-10,17,21,24,31H,3-4,11-16,18-20H2. The molecule has 1 unspecified atom stereocenters. The Bertz CT molecular complexity index is 1040. The van der Waals surface area contributed by atoms with Gasteiger partial charge >= 0.3 is 0 Å². The Labute approximate surface area is 206 Å². The van der Waals surface area contributed by atoms with E-state index in [1.165, 1.54) is 5.56 Å². The number of ether oxygens (including phenoxy) is 3. The van der Waals surface area contributed by atoms with Crippen LogP contribution in [0.1, 0.15) is 42.7 Å². The predicted molar refractivity (Wildman–Crippen MR) is 134 cm³/mol. The molecule has 2 aromatic carbocycles. The normalized spacial score (nSPS) is 19.4. The van der Waals surface area contributed by atoms with E-state index in [1.54, 1.807) is 6.08 Å². The van der Waals surface area contributed by atoms with Crippen molar-refractivity contribution in [2.24, 2.45) is 0 Å². The third-order valence-corrected chi connectivity index (χ3v) is 7.10. The summed E-state index contributed by atoms with van der Waals surface area (Å²) >= 11 is 0. The number of aliphatic hydroxyl groups is 1.